The smallest absolute Gasteiger partial charge is 0.411 e. The molecule has 0 aliphatic heterocycles. The van der Waals surface area contributed by atoms with E-state index in [-0.39, 0.29) is 24.5 Å². The molecule has 94 valence electrons. The summed E-state index contributed by atoms with van der Waals surface area (Å²) in [6.07, 6.45) is -2.93. The van der Waals surface area contributed by atoms with E-state index >= 15 is 0 Å². The highest BCUT2D eigenvalue weighted by atomic mass is 19.4. The third-order valence-corrected chi connectivity index (χ3v) is 2.59. The van der Waals surface area contributed by atoms with Crippen LogP contribution in [-0.2, 0) is 0 Å². The van der Waals surface area contributed by atoms with Gasteiger partial charge in [0.25, 0.3) is 0 Å². The summed E-state index contributed by atoms with van der Waals surface area (Å²) in [6.45, 7) is 2.17. The van der Waals surface area contributed by atoms with Crippen LogP contribution in [0.3, 0.4) is 0 Å². The van der Waals surface area contributed by atoms with Crippen molar-refractivity contribution in [3.63, 3.8) is 0 Å². The number of alkyl halides is 3. The molecule has 1 fully saturated rings. The Bertz CT molecular complexity index is 404. The first-order valence-corrected chi connectivity index (χ1v) is 5.26. The number of nitrogens with one attached hydrogen (secondary N) is 1. The molecule has 1 saturated carbocycles. The highest BCUT2D eigenvalue weighted by Gasteiger charge is 2.63. The lowest BCUT2D eigenvalue weighted by Gasteiger charge is -2.21. The summed E-state index contributed by atoms with van der Waals surface area (Å²) < 4.78 is 43.2. The topological polar surface area (TPSA) is 47.0 Å². The molecule has 1 aromatic heterocycles. The van der Waals surface area contributed by atoms with Gasteiger partial charge >= 0.3 is 6.18 Å². The minimum atomic E-state index is -4.26. The number of hydrogen-bond donors (Lipinski definition) is 1. The van der Waals surface area contributed by atoms with Crippen molar-refractivity contribution in [1.82, 2.24) is 9.97 Å². The van der Waals surface area contributed by atoms with E-state index in [4.69, 9.17) is 4.74 Å². The van der Waals surface area contributed by atoms with Gasteiger partial charge in [0.2, 0.25) is 5.88 Å². The first-order valence-electron chi connectivity index (χ1n) is 5.26. The van der Waals surface area contributed by atoms with Gasteiger partial charge in [-0.2, -0.15) is 13.2 Å². The Kier molecular flexibility index (Phi) is 2.84. The lowest BCUT2D eigenvalue weighted by atomic mass is 10.2. The van der Waals surface area contributed by atoms with E-state index in [0.717, 1.165) is 0 Å². The van der Waals surface area contributed by atoms with Crippen molar-refractivity contribution < 1.29 is 17.9 Å². The molecule has 0 amide bonds. The van der Waals surface area contributed by atoms with Crippen molar-refractivity contribution in [3.8, 4) is 5.88 Å². The normalized spacial score (nSPS) is 17.6. The zero-order chi connectivity index (χ0) is 12.5. The van der Waals surface area contributed by atoms with Crippen LogP contribution in [0.1, 0.15) is 19.8 Å². The Morgan fingerprint density at radius 2 is 2.12 bits per heavy atom. The third kappa shape index (κ3) is 2.42. The molecule has 0 saturated heterocycles. The first-order chi connectivity index (χ1) is 7.97. The van der Waals surface area contributed by atoms with E-state index in [2.05, 4.69) is 15.3 Å². The quantitative estimate of drug-likeness (QED) is 0.887. The summed E-state index contributed by atoms with van der Waals surface area (Å²) >= 11 is 0. The molecule has 1 heterocycles. The molecular weight excluding hydrogens is 235 g/mol. The highest BCUT2D eigenvalue weighted by molar-refractivity contribution is 5.43. The van der Waals surface area contributed by atoms with Gasteiger partial charge in [-0.1, -0.05) is 0 Å². The molecule has 1 aliphatic rings. The molecule has 4 nitrogen and oxygen atoms in total. The van der Waals surface area contributed by atoms with Crippen molar-refractivity contribution in [3.05, 3.63) is 12.4 Å². The fourth-order valence-electron chi connectivity index (χ4n) is 1.48. The summed E-state index contributed by atoms with van der Waals surface area (Å²) in [7, 11) is 0. The standard InChI is InChI=1S/C10H12F3N3O/c1-2-17-8-5-7(14-6-15-8)16-9(3-4-9)10(11,12)13/h5-6H,2-4H2,1H3,(H,14,15,16). The maximum absolute atomic E-state index is 12.7. The summed E-state index contributed by atoms with van der Waals surface area (Å²) in [5.74, 6) is 0.404. The van der Waals surface area contributed by atoms with Crippen LogP contribution < -0.4 is 10.1 Å². The second kappa shape index (κ2) is 4.05. The molecule has 0 radical (unpaired) electrons. The molecule has 0 aromatic carbocycles. The highest BCUT2D eigenvalue weighted by Crippen LogP contribution is 2.50. The number of anilines is 1. The number of nitrogens with zero attached hydrogens (tertiary/aromatic N) is 2. The van der Waals surface area contributed by atoms with Gasteiger partial charge in [-0.3, -0.25) is 0 Å². The molecule has 2 rings (SSSR count). The lowest BCUT2D eigenvalue weighted by molar-refractivity contribution is -0.151. The molecule has 0 atom stereocenters. The lowest BCUT2D eigenvalue weighted by Crippen LogP contribution is -2.38. The van der Waals surface area contributed by atoms with E-state index in [0.29, 0.717) is 6.61 Å². The predicted molar refractivity (Wildman–Crippen MR) is 54.8 cm³/mol. The van der Waals surface area contributed by atoms with Gasteiger partial charge in [-0.25, -0.2) is 9.97 Å². The van der Waals surface area contributed by atoms with Gasteiger partial charge in [-0.15, -0.1) is 0 Å². The van der Waals surface area contributed by atoms with Crippen molar-refractivity contribution in [2.24, 2.45) is 0 Å². The molecular formula is C10H12F3N3O. The zero-order valence-corrected chi connectivity index (χ0v) is 9.21. The SMILES string of the molecule is CCOc1cc(NC2(C(F)(F)F)CC2)ncn1. The van der Waals surface area contributed by atoms with E-state index < -0.39 is 11.7 Å². The monoisotopic (exact) mass is 247 g/mol. The molecule has 1 N–H and O–H groups in total. The summed E-state index contributed by atoms with van der Waals surface area (Å²) in [6, 6.07) is 1.37. The van der Waals surface area contributed by atoms with Gasteiger partial charge in [0.15, 0.2) is 0 Å². The Hall–Kier alpha value is -1.53. The molecule has 0 bridgehead atoms. The van der Waals surface area contributed by atoms with Crippen molar-refractivity contribution in [1.29, 1.82) is 0 Å². The Labute approximate surface area is 96.2 Å². The number of ether oxygens (including phenoxy) is 1. The average Bonchev–Trinajstić information content (AvgIpc) is 2.99. The minimum absolute atomic E-state index is 0.0739. The first kappa shape index (κ1) is 11.9. The van der Waals surface area contributed by atoms with Crippen LogP contribution in [-0.4, -0.2) is 28.3 Å². The molecule has 1 aromatic rings. The molecule has 0 spiro atoms. The van der Waals surface area contributed by atoms with Gasteiger partial charge < -0.3 is 10.1 Å². The van der Waals surface area contributed by atoms with E-state index in [1.807, 2.05) is 0 Å². The number of aromatic nitrogens is 2. The van der Waals surface area contributed by atoms with Crippen LogP contribution in [0.25, 0.3) is 0 Å². The van der Waals surface area contributed by atoms with E-state index in [1.165, 1.54) is 12.4 Å². The van der Waals surface area contributed by atoms with E-state index in [9.17, 15) is 13.2 Å². The average molecular weight is 247 g/mol. The predicted octanol–water partition coefficient (Wildman–Crippen LogP) is 2.38. The molecule has 17 heavy (non-hydrogen) atoms. The van der Waals surface area contributed by atoms with Crippen LogP contribution in [0, 0.1) is 0 Å². The minimum Gasteiger partial charge on any atom is -0.478 e. The second-order valence-electron chi connectivity index (χ2n) is 3.88. The fourth-order valence-corrected chi connectivity index (χ4v) is 1.48. The maximum atomic E-state index is 12.7. The van der Waals surface area contributed by atoms with Gasteiger partial charge in [0.05, 0.1) is 6.61 Å². The van der Waals surface area contributed by atoms with E-state index in [1.54, 1.807) is 6.92 Å². The summed E-state index contributed by atoms with van der Waals surface area (Å²) in [5.41, 5.74) is -1.81. The molecule has 1 aliphatic carbocycles. The largest absolute Gasteiger partial charge is 0.478 e. The Morgan fingerprint density at radius 3 is 2.65 bits per heavy atom. The van der Waals surface area contributed by atoms with Crippen LogP contribution in [0.5, 0.6) is 5.88 Å². The molecule has 0 unspecified atom stereocenters. The Balaban J connectivity index is 2.11. The second-order valence-corrected chi connectivity index (χ2v) is 3.88. The molecule has 7 heteroatoms. The van der Waals surface area contributed by atoms with Crippen molar-refractivity contribution in [2.75, 3.05) is 11.9 Å². The number of rotatable bonds is 4. The van der Waals surface area contributed by atoms with Crippen molar-refractivity contribution in [2.45, 2.75) is 31.5 Å². The number of hydrogen-bond acceptors (Lipinski definition) is 4. The number of halogens is 3. The van der Waals surface area contributed by atoms with Crippen LogP contribution >= 0.6 is 0 Å². The van der Waals surface area contributed by atoms with Crippen LogP contribution in [0.15, 0.2) is 12.4 Å². The zero-order valence-electron chi connectivity index (χ0n) is 9.21. The summed E-state index contributed by atoms with van der Waals surface area (Å²) in [4.78, 5) is 7.55. The Morgan fingerprint density at radius 1 is 1.41 bits per heavy atom. The van der Waals surface area contributed by atoms with Gasteiger partial charge in [0, 0.05) is 6.07 Å². The summed E-state index contributed by atoms with van der Waals surface area (Å²) in [5, 5.41) is 2.41. The van der Waals surface area contributed by atoms with Crippen LogP contribution in [0.2, 0.25) is 0 Å². The third-order valence-electron chi connectivity index (χ3n) is 2.59. The fraction of sp³-hybridized carbons (Fsp3) is 0.600. The van der Waals surface area contributed by atoms with Crippen molar-refractivity contribution >= 4 is 5.82 Å². The maximum Gasteiger partial charge on any atom is 0.411 e. The van der Waals surface area contributed by atoms with Crippen LogP contribution in [0.4, 0.5) is 19.0 Å². The van der Waals surface area contributed by atoms with Gasteiger partial charge in [0.1, 0.15) is 17.7 Å². The van der Waals surface area contributed by atoms with Gasteiger partial charge in [-0.05, 0) is 19.8 Å².